The van der Waals surface area contributed by atoms with Gasteiger partial charge in [-0.25, -0.2) is 0 Å². The second kappa shape index (κ2) is 6.58. The molecule has 1 rings (SSSR count). The first-order valence-electron chi connectivity index (χ1n) is 6.74. The number of hydrogen-bond donors (Lipinski definition) is 2. The van der Waals surface area contributed by atoms with Crippen LogP contribution in [-0.4, -0.2) is 41.8 Å². The molecule has 3 nitrogen and oxygen atoms in total. The van der Waals surface area contributed by atoms with Crippen molar-refractivity contribution in [2.75, 3.05) is 26.2 Å². The Bertz CT molecular complexity index is 192. The van der Waals surface area contributed by atoms with Gasteiger partial charge in [-0.05, 0) is 51.1 Å². The molecule has 0 aromatic rings. The average molecular weight is 228 g/mol. The Morgan fingerprint density at radius 2 is 2.25 bits per heavy atom. The molecular weight excluding hydrogens is 200 g/mol. The van der Waals surface area contributed by atoms with Crippen molar-refractivity contribution in [1.29, 1.82) is 0 Å². The van der Waals surface area contributed by atoms with Crippen LogP contribution < -0.4 is 5.73 Å². The summed E-state index contributed by atoms with van der Waals surface area (Å²) in [5.41, 5.74) is 4.97. The number of piperidine rings is 1. The molecule has 1 aliphatic heterocycles. The first-order chi connectivity index (χ1) is 7.59. The topological polar surface area (TPSA) is 49.5 Å². The highest BCUT2D eigenvalue weighted by molar-refractivity contribution is 4.78. The lowest BCUT2D eigenvalue weighted by Crippen LogP contribution is -2.39. The van der Waals surface area contributed by atoms with Gasteiger partial charge >= 0.3 is 0 Å². The van der Waals surface area contributed by atoms with Gasteiger partial charge < -0.3 is 15.7 Å². The minimum Gasteiger partial charge on any atom is -0.389 e. The normalized spacial score (nSPS) is 26.6. The Morgan fingerprint density at radius 1 is 1.50 bits per heavy atom. The molecule has 2 atom stereocenters. The third-order valence-corrected chi connectivity index (χ3v) is 3.90. The van der Waals surface area contributed by atoms with Crippen LogP contribution in [0.1, 0.15) is 46.0 Å². The number of nitrogens with zero attached hydrogens (tertiary/aromatic N) is 1. The van der Waals surface area contributed by atoms with Gasteiger partial charge in [0.25, 0.3) is 0 Å². The van der Waals surface area contributed by atoms with Crippen LogP contribution in [0.4, 0.5) is 0 Å². The highest BCUT2D eigenvalue weighted by atomic mass is 16.3. The Kier molecular flexibility index (Phi) is 5.73. The molecule has 96 valence electrons. The molecule has 3 N–H and O–H groups in total. The van der Waals surface area contributed by atoms with E-state index in [0.29, 0.717) is 6.54 Å². The van der Waals surface area contributed by atoms with E-state index in [9.17, 15) is 5.11 Å². The largest absolute Gasteiger partial charge is 0.389 e. The van der Waals surface area contributed by atoms with Gasteiger partial charge in [0.2, 0.25) is 0 Å². The van der Waals surface area contributed by atoms with Gasteiger partial charge in [0, 0.05) is 13.1 Å². The van der Waals surface area contributed by atoms with Crippen molar-refractivity contribution in [3.8, 4) is 0 Å². The molecule has 0 amide bonds. The highest BCUT2D eigenvalue weighted by Gasteiger charge is 2.23. The van der Waals surface area contributed by atoms with Crippen LogP contribution >= 0.6 is 0 Å². The van der Waals surface area contributed by atoms with Crippen molar-refractivity contribution in [1.82, 2.24) is 4.90 Å². The van der Waals surface area contributed by atoms with E-state index >= 15 is 0 Å². The van der Waals surface area contributed by atoms with E-state index in [0.717, 1.165) is 31.7 Å². The fourth-order valence-electron chi connectivity index (χ4n) is 2.54. The van der Waals surface area contributed by atoms with Gasteiger partial charge in [0.05, 0.1) is 5.60 Å². The van der Waals surface area contributed by atoms with Crippen molar-refractivity contribution in [2.24, 2.45) is 11.7 Å². The second-order valence-electron chi connectivity index (χ2n) is 5.43. The molecule has 2 unspecified atom stereocenters. The molecule has 0 bridgehead atoms. The molecule has 3 heteroatoms. The van der Waals surface area contributed by atoms with Crippen LogP contribution in [-0.2, 0) is 0 Å². The zero-order valence-corrected chi connectivity index (χ0v) is 10.9. The van der Waals surface area contributed by atoms with Crippen LogP contribution in [0.25, 0.3) is 0 Å². The van der Waals surface area contributed by atoms with E-state index in [1.54, 1.807) is 0 Å². The van der Waals surface area contributed by atoms with Crippen molar-refractivity contribution in [2.45, 2.75) is 51.6 Å². The van der Waals surface area contributed by atoms with Crippen LogP contribution in [0, 0.1) is 5.92 Å². The minimum absolute atomic E-state index is 0.389. The summed E-state index contributed by atoms with van der Waals surface area (Å²) >= 11 is 0. The van der Waals surface area contributed by atoms with Gasteiger partial charge in [-0.15, -0.1) is 0 Å². The SMILES string of the molecule is CCC(O)(CN)CCCN1CCCC(C)C1. The summed E-state index contributed by atoms with van der Waals surface area (Å²) in [5.74, 6) is 0.841. The zero-order valence-electron chi connectivity index (χ0n) is 10.9. The Labute approximate surface area is 100 Å². The number of aliphatic hydroxyl groups is 1. The van der Waals surface area contributed by atoms with E-state index in [-0.39, 0.29) is 0 Å². The summed E-state index contributed by atoms with van der Waals surface area (Å²) < 4.78 is 0. The molecular formula is C13H28N2O. The van der Waals surface area contributed by atoms with E-state index in [4.69, 9.17) is 5.73 Å². The van der Waals surface area contributed by atoms with E-state index < -0.39 is 5.60 Å². The third-order valence-electron chi connectivity index (χ3n) is 3.90. The number of nitrogens with two attached hydrogens (primary N) is 1. The zero-order chi connectivity index (χ0) is 12.0. The molecule has 16 heavy (non-hydrogen) atoms. The molecule has 0 radical (unpaired) electrons. The van der Waals surface area contributed by atoms with Gasteiger partial charge in [0.15, 0.2) is 0 Å². The first kappa shape index (κ1) is 13.9. The molecule has 0 spiro atoms. The molecule has 0 aliphatic carbocycles. The predicted octanol–water partition coefficient (Wildman–Crippen LogP) is 1.60. The molecule has 1 fully saturated rings. The van der Waals surface area contributed by atoms with Crippen molar-refractivity contribution < 1.29 is 5.11 Å². The van der Waals surface area contributed by atoms with Gasteiger partial charge in [-0.2, -0.15) is 0 Å². The lowest BCUT2D eigenvalue weighted by atomic mass is 9.94. The lowest BCUT2D eigenvalue weighted by molar-refractivity contribution is 0.0303. The number of hydrogen-bond acceptors (Lipinski definition) is 3. The first-order valence-corrected chi connectivity index (χ1v) is 6.74. The second-order valence-corrected chi connectivity index (χ2v) is 5.43. The molecule has 0 aromatic heterocycles. The molecule has 1 saturated heterocycles. The quantitative estimate of drug-likeness (QED) is 0.726. The summed E-state index contributed by atoms with van der Waals surface area (Å²) in [7, 11) is 0. The minimum atomic E-state index is -0.624. The summed E-state index contributed by atoms with van der Waals surface area (Å²) in [5, 5.41) is 10.1. The summed E-state index contributed by atoms with van der Waals surface area (Å²) in [4.78, 5) is 2.53. The average Bonchev–Trinajstić information content (AvgIpc) is 2.29. The maximum atomic E-state index is 10.1. The predicted molar refractivity (Wildman–Crippen MR) is 68.4 cm³/mol. The van der Waals surface area contributed by atoms with Gasteiger partial charge in [0.1, 0.15) is 0 Å². The van der Waals surface area contributed by atoms with Gasteiger partial charge in [-0.3, -0.25) is 0 Å². The van der Waals surface area contributed by atoms with E-state index in [1.807, 2.05) is 6.92 Å². The maximum Gasteiger partial charge on any atom is 0.0767 e. The lowest BCUT2D eigenvalue weighted by Gasteiger charge is -2.32. The Morgan fingerprint density at radius 3 is 2.81 bits per heavy atom. The Balaban J connectivity index is 2.19. The van der Waals surface area contributed by atoms with E-state index in [1.165, 1.54) is 25.9 Å². The van der Waals surface area contributed by atoms with Crippen LogP contribution in [0.2, 0.25) is 0 Å². The van der Waals surface area contributed by atoms with Crippen molar-refractivity contribution >= 4 is 0 Å². The van der Waals surface area contributed by atoms with Gasteiger partial charge in [-0.1, -0.05) is 13.8 Å². The molecule has 1 aliphatic rings. The molecule has 0 saturated carbocycles. The Hall–Kier alpha value is -0.120. The summed E-state index contributed by atoms with van der Waals surface area (Å²) in [6.07, 6.45) is 5.37. The van der Waals surface area contributed by atoms with Crippen molar-refractivity contribution in [3.05, 3.63) is 0 Å². The molecule has 0 aromatic carbocycles. The highest BCUT2D eigenvalue weighted by Crippen LogP contribution is 2.19. The van der Waals surface area contributed by atoms with Crippen molar-refractivity contribution in [3.63, 3.8) is 0 Å². The fraction of sp³-hybridized carbons (Fsp3) is 1.00. The van der Waals surface area contributed by atoms with Crippen LogP contribution in [0.5, 0.6) is 0 Å². The maximum absolute atomic E-state index is 10.1. The fourth-order valence-corrected chi connectivity index (χ4v) is 2.54. The third kappa shape index (κ3) is 4.40. The van der Waals surface area contributed by atoms with E-state index in [2.05, 4.69) is 11.8 Å². The number of likely N-dealkylation sites (tertiary alicyclic amines) is 1. The standard InChI is InChI=1S/C13H28N2O/c1-3-13(16,11-14)7-5-9-15-8-4-6-12(2)10-15/h12,16H,3-11,14H2,1-2H3. The number of rotatable bonds is 6. The summed E-state index contributed by atoms with van der Waals surface area (Å²) in [6.45, 7) is 8.31. The van der Waals surface area contributed by atoms with Crippen LogP contribution in [0.15, 0.2) is 0 Å². The molecule has 1 heterocycles. The van der Waals surface area contributed by atoms with Crippen LogP contribution in [0.3, 0.4) is 0 Å². The monoisotopic (exact) mass is 228 g/mol. The smallest absolute Gasteiger partial charge is 0.0767 e. The summed E-state index contributed by atoms with van der Waals surface area (Å²) in [6, 6.07) is 0.